The fourth-order valence-electron chi connectivity index (χ4n) is 2.29. The Morgan fingerprint density at radius 2 is 1.87 bits per heavy atom. The van der Waals surface area contributed by atoms with Crippen molar-refractivity contribution in [2.45, 2.75) is 26.1 Å². The van der Waals surface area contributed by atoms with Crippen molar-refractivity contribution in [2.75, 3.05) is 0 Å². The van der Waals surface area contributed by atoms with Gasteiger partial charge in [0.15, 0.2) is 5.43 Å². The number of alkyl halides is 3. The van der Waals surface area contributed by atoms with Gasteiger partial charge in [-0.05, 0) is 25.5 Å². The molecule has 0 aliphatic heterocycles. The van der Waals surface area contributed by atoms with Gasteiger partial charge in [-0.25, -0.2) is 0 Å². The molecule has 0 aliphatic rings. The van der Waals surface area contributed by atoms with Crippen molar-refractivity contribution in [1.82, 2.24) is 10.3 Å². The topological polar surface area (TPSA) is 62.0 Å². The lowest BCUT2D eigenvalue weighted by atomic mass is 10.0. The Bertz CT molecular complexity index is 781. The lowest BCUT2D eigenvalue weighted by molar-refractivity contribution is -0.138. The molecule has 1 amide bonds. The summed E-state index contributed by atoms with van der Waals surface area (Å²) in [6, 6.07) is 6.59. The van der Waals surface area contributed by atoms with Crippen molar-refractivity contribution in [3.05, 3.63) is 69.1 Å². The van der Waals surface area contributed by atoms with Crippen LogP contribution in [0.5, 0.6) is 0 Å². The Morgan fingerprint density at radius 1 is 1.22 bits per heavy atom. The van der Waals surface area contributed by atoms with Crippen LogP contribution in [-0.4, -0.2) is 10.9 Å². The zero-order chi connectivity index (χ0) is 17.2. The maximum atomic E-state index is 13.0. The van der Waals surface area contributed by atoms with Crippen LogP contribution in [0.2, 0.25) is 0 Å². The molecule has 1 aromatic carbocycles. The summed E-state index contributed by atoms with van der Waals surface area (Å²) in [6.07, 6.45) is -4.51. The average molecular weight is 324 g/mol. The summed E-state index contributed by atoms with van der Waals surface area (Å²) < 4.78 is 39.0. The van der Waals surface area contributed by atoms with Crippen LogP contribution in [0.25, 0.3) is 0 Å². The van der Waals surface area contributed by atoms with E-state index in [1.54, 1.807) is 6.92 Å². The second-order valence-electron chi connectivity index (χ2n) is 5.19. The Hall–Kier alpha value is -2.57. The number of carbonyl (C=O) groups is 1. The maximum Gasteiger partial charge on any atom is 0.416 e. The first kappa shape index (κ1) is 16.8. The molecule has 0 saturated heterocycles. The SMILES string of the molecule is Cc1cc(=O)cc(C(=O)N[C@@H](C)c2ccccc2C(F)(F)F)[nH]1. The maximum absolute atomic E-state index is 13.0. The molecule has 1 atom stereocenters. The van der Waals surface area contributed by atoms with Gasteiger partial charge in [0.25, 0.3) is 5.91 Å². The zero-order valence-electron chi connectivity index (χ0n) is 12.5. The number of pyridine rings is 1. The number of aromatic amines is 1. The molecule has 0 unspecified atom stereocenters. The number of nitrogens with one attached hydrogen (secondary N) is 2. The number of carbonyl (C=O) groups excluding carboxylic acids is 1. The monoisotopic (exact) mass is 324 g/mol. The van der Waals surface area contributed by atoms with E-state index in [9.17, 15) is 22.8 Å². The first-order valence-corrected chi connectivity index (χ1v) is 6.86. The smallest absolute Gasteiger partial charge is 0.354 e. The van der Waals surface area contributed by atoms with Gasteiger partial charge < -0.3 is 10.3 Å². The molecule has 2 N–H and O–H groups in total. The van der Waals surface area contributed by atoms with E-state index >= 15 is 0 Å². The third kappa shape index (κ3) is 4.00. The summed E-state index contributed by atoms with van der Waals surface area (Å²) in [4.78, 5) is 26.3. The van der Waals surface area contributed by atoms with Gasteiger partial charge in [0, 0.05) is 17.8 Å². The summed E-state index contributed by atoms with van der Waals surface area (Å²) in [5, 5.41) is 2.47. The molecule has 2 aromatic rings. The van der Waals surface area contributed by atoms with Gasteiger partial charge in [-0.15, -0.1) is 0 Å². The molecule has 2 rings (SSSR count). The van der Waals surface area contributed by atoms with Crippen molar-refractivity contribution in [3.8, 4) is 0 Å². The van der Waals surface area contributed by atoms with Gasteiger partial charge in [-0.1, -0.05) is 18.2 Å². The third-order valence-electron chi connectivity index (χ3n) is 3.30. The second kappa shape index (κ2) is 6.28. The predicted octanol–water partition coefficient (Wildman–Crippen LogP) is 3.19. The van der Waals surface area contributed by atoms with Crippen molar-refractivity contribution in [1.29, 1.82) is 0 Å². The summed E-state index contributed by atoms with van der Waals surface area (Å²) in [5.74, 6) is -0.643. The summed E-state index contributed by atoms with van der Waals surface area (Å²) in [6.45, 7) is 3.07. The number of benzene rings is 1. The first-order valence-electron chi connectivity index (χ1n) is 6.86. The molecule has 0 saturated carbocycles. The van der Waals surface area contributed by atoms with Gasteiger partial charge in [0.1, 0.15) is 5.69 Å². The van der Waals surface area contributed by atoms with Crippen LogP contribution in [0.15, 0.2) is 41.2 Å². The van der Waals surface area contributed by atoms with Gasteiger partial charge in [-0.2, -0.15) is 13.2 Å². The van der Waals surface area contributed by atoms with Crippen LogP contribution in [0.3, 0.4) is 0 Å². The lowest BCUT2D eigenvalue weighted by Gasteiger charge is -2.19. The minimum Gasteiger partial charge on any atom is -0.354 e. The summed E-state index contributed by atoms with van der Waals surface area (Å²) >= 11 is 0. The molecule has 23 heavy (non-hydrogen) atoms. The Balaban J connectivity index is 2.27. The molecule has 7 heteroatoms. The van der Waals surface area contributed by atoms with E-state index < -0.39 is 23.7 Å². The molecule has 1 heterocycles. The Morgan fingerprint density at radius 3 is 2.48 bits per heavy atom. The number of halogens is 3. The molecule has 1 aromatic heterocycles. The van der Waals surface area contributed by atoms with Gasteiger partial charge in [0.05, 0.1) is 11.6 Å². The van der Waals surface area contributed by atoms with E-state index in [-0.39, 0.29) is 16.7 Å². The highest BCUT2D eigenvalue weighted by Crippen LogP contribution is 2.34. The van der Waals surface area contributed by atoms with Crippen LogP contribution in [-0.2, 0) is 6.18 Å². The molecule has 0 radical (unpaired) electrons. The van der Waals surface area contributed by atoms with Crippen molar-refractivity contribution >= 4 is 5.91 Å². The highest BCUT2D eigenvalue weighted by atomic mass is 19.4. The van der Waals surface area contributed by atoms with Crippen LogP contribution in [0, 0.1) is 6.92 Å². The second-order valence-corrected chi connectivity index (χ2v) is 5.19. The minimum atomic E-state index is -4.51. The highest BCUT2D eigenvalue weighted by molar-refractivity contribution is 5.92. The number of aryl methyl sites for hydroxylation is 1. The number of hydrogen-bond donors (Lipinski definition) is 2. The van der Waals surface area contributed by atoms with Crippen molar-refractivity contribution in [3.63, 3.8) is 0 Å². The van der Waals surface area contributed by atoms with E-state index in [2.05, 4.69) is 10.3 Å². The number of H-pyrrole nitrogens is 1. The fraction of sp³-hybridized carbons (Fsp3) is 0.250. The Labute approximate surface area is 130 Å². The lowest BCUT2D eigenvalue weighted by Crippen LogP contribution is -2.29. The quantitative estimate of drug-likeness (QED) is 0.911. The number of rotatable bonds is 3. The van der Waals surface area contributed by atoms with E-state index in [0.29, 0.717) is 5.69 Å². The molecular formula is C16H15F3N2O2. The third-order valence-corrected chi connectivity index (χ3v) is 3.30. The molecular weight excluding hydrogens is 309 g/mol. The van der Waals surface area contributed by atoms with Crippen LogP contribution in [0.1, 0.15) is 40.3 Å². The molecule has 0 bridgehead atoms. The number of hydrogen-bond acceptors (Lipinski definition) is 2. The van der Waals surface area contributed by atoms with Gasteiger partial charge >= 0.3 is 6.18 Å². The van der Waals surface area contributed by atoms with Crippen molar-refractivity contribution < 1.29 is 18.0 Å². The van der Waals surface area contributed by atoms with Crippen LogP contribution in [0.4, 0.5) is 13.2 Å². The van der Waals surface area contributed by atoms with Crippen molar-refractivity contribution in [2.24, 2.45) is 0 Å². The Kier molecular flexibility index (Phi) is 4.58. The molecule has 0 spiro atoms. The van der Waals surface area contributed by atoms with E-state index in [4.69, 9.17) is 0 Å². The van der Waals surface area contributed by atoms with Crippen LogP contribution < -0.4 is 10.7 Å². The first-order chi connectivity index (χ1) is 10.7. The average Bonchev–Trinajstić information content (AvgIpc) is 2.45. The molecule has 0 aliphatic carbocycles. The van der Waals surface area contributed by atoms with E-state index in [1.807, 2.05) is 0 Å². The normalized spacial score (nSPS) is 12.7. The van der Waals surface area contributed by atoms with Gasteiger partial charge in [0.2, 0.25) is 0 Å². The summed E-state index contributed by atoms with van der Waals surface area (Å²) in [5.41, 5.74) is -0.694. The highest BCUT2D eigenvalue weighted by Gasteiger charge is 2.34. The standard InChI is InChI=1S/C16H15F3N2O2/c1-9-7-11(22)8-14(20-9)15(23)21-10(2)12-5-3-4-6-13(12)16(17,18)19/h3-8,10H,1-2H3,(H,20,22)(H,21,23)/t10-/m0/s1. The zero-order valence-corrected chi connectivity index (χ0v) is 12.5. The largest absolute Gasteiger partial charge is 0.416 e. The predicted molar refractivity (Wildman–Crippen MR) is 79.1 cm³/mol. The van der Waals surface area contributed by atoms with E-state index in [1.165, 1.54) is 31.2 Å². The summed E-state index contributed by atoms with van der Waals surface area (Å²) in [7, 11) is 0. The molecule has 4 nitrogen and oxygen atoms in total. The molecule has 122 valence electrons. The van der Waals surface area contributed by atoms with Crippen LogP contribution >= 0.6 is 0 Å². The molecule has 0 fully saturated rings. The fourth-order valence-corrected chi connectivity index (χ4v) is 2.29. The number of aromatic nitrogens is 1. The minimum absolute atomic E-state index is 0.00587. The van der Waals surface area contributed by atoms with E-state index in [0.717, 1.165) is 12.1 Å². The van der Waals surface area contributed by atoms with Gasteiger partial charge in [-0.3, -0.25) is 9.59 Å². The number of amides is 1.